The van der Waals surface area contributed by atoms with E-state index >= 15 is 0 Å². The van der Waals surface area contributed by atoms with Crippen molar-refractivity contribution in [3.8, 4) is 0 Å². The zero-order chi connectivity index (χ0) is 39.6. The molecule has 0 rings (SSSR count). The summed E-state index contributed by atoms with van der Waals surface area (Å²) in [6.45, 7) is 3.69. The highest BCUT2D eigenvalue weighted by Crippen LogP contribution is 2.43. The standard InChI is InChI=1S/C44H82NO8P/c1-3-5-7-9-11-13-15-17-19-20-21-22-23-25-27-29-31-33-35-37-44(47)53-42(41-52-54(48,49)51-39-38-45)40-50-43(46)36-34-32-30-28-26-24-18-16-14-12-10-8-6-4-2/h11,13,16-19,42H,3-10,12,14-15,20-41,45H2,1-2H3,(H,48,49)/b13-11-,18-16-,19-17-/t42-/m1/s1. The lowest BCUT2D eigenvalue weighted by molar-refractivity contribution is -0.161. The van der Waals surface area contributed by atoms with Gasteiger partial charge in [-0.3, -0.25) is 18.6 Å². The van der Waals surface area contributed by atoms with Crippen molar-refractivity contribution in [3.63, 3.8) is 0 Å². The molecule has 0 radical (unpaired) electrons. The number of rotatable bonds is 41. The number of carbonyl (C=O) groups excluding carboxylic acids is 2. The third-order valence-electron chi connectivity index (χ3n) is 9.25. The van der Waals surface area contributed by atoms with E-state index in [-0.39, 0.29) is 32.6 Å². The van der Waals surface area contributed by atoms with Crippen LogP contribution in [0.3, 0.4) is 0 Å². The zero-order valence-corrected chi connectivity index (χ0v) is 35.6. The molecule has 0 saturated carbocycles. The Morgan fingerprint density at radius 1 is 0.556 bits per heavy atom. The van der Waals surface area contributed by atoms with Gasteiger partial charge in [-0.15, -0.1) is 0 Å². The minimum Gasteiger partial charge on any atom is -0.462 e. The maximum Gasteiger partial charge on any atom is 0.472 e. The number of phosphoric acid groups is 1. The summed E-state index contributed by atoms with van der Waals surface area (Å²) in [5, 5.41) is 0. The van der Waals surface area contributed by atoms with Crippen LogP contribution in [0.5, 0.6) is 0 Å². The van der Waals surface area contributed by atoms with Crippen LogP contribution >= 0.6 is 7.82 Å². The lowest BCUT2D eigenvalue weighted by Gasteiger charge is -2.19. The van der Waals surface area contributed by atoms with Crippen molar-refractivity contribution >= 4 is 19.8 Å². The van der Waals surface area contributed by atoms with Gasteiger partial charge in [0.1, 0.15) is 6.61 Å². The van der Waals surface area contributed by atoms with E-state index in [4.69, 9.17) is 24.3 Å². The van der Waals surface area contributed by atoms with Gasteiger partial charge in [0, 0.05) is 19.4 Å². The fourth-order valence-corrected chi connectivity index (χ4v) is 6.72. The van der Waals surface area contributed by atoms with Crippen molar-refractivity contribution in [2.45, 2.75) is 206 Å². The Labute approximate surface area is 331 Å². The first-order valence-corrected chi connectivity index (χ1v) is 23.5. The Morgan fingerprint density at radius 2 is 0.963 bits per heavy atom. The van der Waals surface area contributed by atoms with Gasteiger partial charge in [-0.2, -0.15) is 0 Å². The zero-order valence-electron chi connectivity index (χ0n) is 34.7. The van der Waals surface area contributed by atoms with Gasteiger partial charge in [-0.05, 0) is 70.6 Å². The lowest BCUT2D eigenvalue weighted by Crippen LogP contribution is -2.29. The van der Waals surface area contributed by atoms with E-state index < -0.39 is 32.5 Å². The van der Waals surface area contributed by atoms with Gasteiger partial charge in [-0.1, -0.05) is 153 Å². The quantitative estimate of drug-likeness (QED) is 0.0269. The van der Waals surface area contributed by atoms with Crippen LogP contribution in [0.25, 0.3) is 0 Å². The van der Waals surface area contributed by atoms with E-state index in [9.17, 15) is 19.0 Å². The number of allylic oxidation sites excluding steroid dienone is 6. The molecule has 0 aliphatic heterocycles. The number of ether oxygens (including phenoxy) is 2. The molecule has 0 amide bonds. The smallest absolute Gasteiger partial charge is 0.462 e. The van der Waals surface area contributed by atoms with Crippen LogP contribution in [0.2, 0.25) is 0 Å². The largest absolute Gasteiger partial charge is 0.472 e. The summed E-state index contributed by atoms with van der Waals surface area (Å²) in [6, 6.07) is 0. The van der Waals surface area contributed by atoms with Crippen molar-refractivity contribution in [3.05, 3.63) is 36.5 Å². The molecule has 2 atom stereocenters. The number of nitrogens with two attached hydrogens (primary N) is 1. The van der Waals surface area contributed by atoms with Crippen molar-refractivity contribution in [2.24, 2.45) is 5.73 Å². The van der Waals surface area contributed by atoms with E-state index in [1.807, 2.05) is 0 Å². The molecule has 0 spiro atoms. The summed E-state index contributed by atoms with van der Waals surface area (Å²) < 4.78 is 32.8. The van der Waals surface area contributed by atoms with Gasteiger partial charge < -0.3 is 20.1 Å². The third kappa shape index (κ3) is 39.9. The van der Waals surface area contributed by atoms with Gasteiger partial charge >= 0.3 is 19.8 Å². The Morgan fingerprint density at radius 3 is 1.46 bits per heavy atom. The highest BCUT2D eigenvalue weighted by atomic mass is 31.2. The second-order valence-corrected chi connectivity index (χ2v) is 16.0. The molecule has 3 N–H and O–H groups in total. The molecule has 0 fully saturated rings. The molecule has 0 bridgehead atoms. The molecule has 0 aliphatic rings. The first kappa shape index (κ1) is 52.2. The molecule has 0 aromatic rings. The Bertz CT molecular complexity index is 986. The summed E-state index contributed by atoms with van der Waals surface area (Å²) in [4.78, 5) is 34.9. The average molecular weight is 784 g/mol. The van der Waals surface area contributed by atoms with Gasteiger partial charge in [0.15, 0.2) is 6.10 Å². The molecule has 0 aromatic carbocycles. The number of hydrogen-bond donors (Lipinski definition) is 2. The summed E-state index contributed by atoms with van der Waals surface area (Å²) >= 11 is 0. The number of esters is 2. The topological polar surface area (TPSA) is 134 Å². The molecule has 54 heavy (non-hydrogen) atoms. The average Bonchev–Trinajstić information content (AvgIpc) is 3.16. The Hall–Kier alpha value is -1.77. The van der Waals surface area contributed by atoms with Crippen LogP contribution in [0.4, 0.5) is 0 Å². The van der Waals surface area contributed by atoms with E-state index in [2.05, 4.69) is 50.3 Å². The Kier molecular flexibility index (Phi) is 39.5. The SMILES string of the molecule is CCCCC/C=C\C/C=C\CCCCCCCCCCCC(=O)O[C@H](COC(=O)CCCCCCC/C=C\CCCCCCC)COP(=O)(O)OCCN. The van der Waals surface area contributed by atoms with Crippen LogP contribution in [0, 0.1) is 0 Å². The normalized spacial score (nSPS) is 13.6. The molecule has 10 heteroatoms. The second-order valence-electron chi connectivity index (χ2n) is 14.6. The Balaban J connectivity index is 4.15. The number of carbonyl (C=O) groups is 2. The van der Waals surface area contributed by atoms with Crippen LogP contribution in [0.15, 0.2) is 36.5 Å². The maximum absolute atomic E-state index is 12.6. The lowest BCUT2D eigenvalue weighted by atomic mass is 10.1. The fourth-order valence-electron chi connectivity index (χ4n) is 5.95. The number of hydrogen-bond acceptors (Lipinski definition) is 8. The third-order valence-corrected chi connectivity index (χ3v) is 10.2. The van der Waals surface area contributed by atoms with Gasteiger partial charge in [0.05, 0.1) is 13.2 Å². The second kappa shape index (κ2) is 40.9. The van der Waals surface area contributed by atoms with Crippen LogP contribution < -0.4 is 5.73 Å². The highest BCUT2D eigenvalue weighted by molar-refractivity contribution is 7.47. The van der Waals surface area contributed by atoms with E-state index in [0.29, 0.717) is 6.42 Å². The van der Waals surface area contributed by atoms with Gasteiger partial charge in [0.2, 0.25) is 0 Å². The summed E-state index contributed by atoms with van der Waals surface area (Å²) in [6.07, 6.45) is 44.5. The van der Waals surface area contributed by atoms with Crippen molar-refractivity contribution in [1.29, 1.82) is 0 Å². The van der Waals surface area contributed by atoms with E-state index in [1.54, 1.807) is 0 Å². The molecule has 9 nitrogen and oxygen atoms in total. The van der Waals surface area contributed by atoms with E-state index in [0.717, 1.165) is 70.6 Å². The predicted octanol–water partition coefficient (Wildman–Crippen LogP) is 12.6. The summed E-state index contributed by atoms with van der Waals surface area (Å²) in [7, 11) is -4.38. The van der Waals surface area contributed by atoms with Crippen molar-refractivity contribution in [1.82, 2.24) is 0 Å². The van der Waals surface area contributed by atoms with E-state index in [1.165, 1.54) is 96.3 Å². The maximum atomic E-state index is 12.6. The van der Waals surface area contributed by atoms with Crippen LogP contribution in [0.1, 0.15) is 200 Å². The van der Waals surface area contributed by atoms with Crippen molar-refractivity contribution in [2.75, 3.05) is 26.4 Å². The number of unbranched alkanes of at least 4 members (excludes halogenated alkanes) is 22. The fraction of sp³-hybridized carbons (Fsp3) is 0.818. The van der Waals surface area contributed by atoms with Gasteiger partial charge in [-0.25, -0.2) is 4.57 Å². The van der Waals surface area contributed by atoms with Crippen LogP contribution in [-0.4, -0.2) is 49.3 Å². The predicted molar refractivity (Wildman–Crippen MR) is 224 cm³/mol. The van der Waals surface area contributed by atoms with Gasteiger partial charge in [0.25, 0.3) is 0 Å². The monoisotopic (exact) mass is 784 g/mol. The molecular formula is C44H82NO8P. The number of phosphoric ester groups is 1. The molecule has 1 unspecified atom stereocenters. The molecular weight excluding hydrogens is 701 g/mol. The van der Waals surface area contributed by atoms with Crippen molar-refractivity contribution < 1.29 is 37.6 Å². The molecule has 0 heterocycles. The first-order chi connectivity index (χ1) is 26.3. The highest BCUT2D eigenvalue weighted by Gasteiger charge is 2.26. The molecule has 0 saturated heterocycles. The molecule has 0 aromatic heterocycles. The minimum atomic E-state index is -4.38. The van der Waals surface area contributed by atoms with Crippen LogP contribution in [-0.2, 0) is 32.7 Å². The minimum absolute atomic E-state index is 0.0514. The summed E-state index contributed by atoms with van der Waals surface area (Å²) in [5.74, 6) is -0.841. The molecule has 0 aliphatic carbocycles. The molecule has 316 valence electrons. The first-order valence-electron chi connectivity index (χ1n) is 22.0. The summed E-state index contributed by atoms with van der Waals surface area (Å²) in [5.41, 5.74) is 5.35.